The largest absolute Gasteiger partial charge is 0.328 e. The minimum Gasteiger partial charge on any atom is -0.328 e. The van der Waals surface area contributed by atoms with E-state index in [1.165, 1.54) is 5.69 Å². The molecule has 92 valence electrons. The lowest BCUT2D eigenvalue weighted by atomic mass is 10.3. The van der Waals surface area contributed by atoms with Gasteiger partial charge < -0.3 is 4.57 Å². The Morgan fingerprint density at radius 3 is 2.82 bits per heavy atom. The first kappa shape index (κ1) is 12.2. The summed E-state index contributed by atoms with van der Waals surface area (Å²) in [5.74, 6) is 1.34. The van der Waals surface area contributed by atoms with Crippen LogP contribution in [0.15, 0.2) is 18.5 Å². The molecule has 2 aromatic rings. The molecule has 0 radical (unpaired) electrons. The van der Waals surface area contributed by atoms with Crippen LogP contribution in [-0.4, -0.2) is 19.3 Å². The third-order valence-electron chi connectivity index (χ3n) is 2.83. The molecule has 2 rings (SSSR count). The zero-order valence-corrected chi connectivity index (χ0v) is 11.0. The maximum Gasteiger partial charge on any atom is 0.123 e. The molecule has 2 heterocycles. The molecule has 5 heteroatoms. The van der Waals surface area contributed by atoms with Crippen molar-refractivity contribution in [2.45, 2.75) is 39.2 Å². The summed E-state index contributed by atoms with van der Waals surface area (Å²) in [4.78, 5) is 4.21. The van der Waals surface area contributed by atoms with Gasteiger partial charge in [0.15, 0.2) is 0 Å². The Labute approximate surface area is 106 Å². The van der Waals surface area contributed by atoms with Gasteiger partial charge >= 0.3 is 0 Å². The van der Waals surface area contributed by atoms with E-state index in [-0.39, 0.29) is 0 Å². The topological polar surface area (TPSA) is 35.6 Å². The van der Waals surface area contributed by atoms with E-state index in [0.717, 1.165) is 31.0 Å². The Morgan fingerprint density at radius 1 is 1.35 bits per heavy atom. The Bertz CT molecular complexity index is 486. The van der Waals surface area contributed by atoms with Crippen LogP contribution < -0.4 is 0 Å². The summed E-state index contributed by atoms with van der Waals surface area (Å²) in [5.41, 5.74) is 2.34. The number of hydrogen-bond acceptors (Lipinski definition) is 2. The minimum absolute atomic E-state index is 0.438. The summed E-state index contributed by atoms with van der Waals surface area (Å²) in [6.07, 6.45) is 4.70. The van der Waals surface area contributed by atoms with Crippen LogP contribution in [0, 0.1) is 0 Å². The van der Waals surface area contributed by atoms with Crippen molar-refractivity contribution in [1.82, 2.24) is 19.3 Å². The van der Waals surface area contributed by atoms with Gasteiger partial charge in [-0.05, 0) is 19.4 Å². The number of halogens is 1. The number of alkyl halides is 1. The van der Waals surface area contributed by atoms with Gasteiger partial charge in [-0.25, -0.2) is 4.98 Å². The minimum atomic E-state index is 0.438. The first-order valence-corrected chi connectivity index (χ1v) is 6.43. The van der Waals surface area contributed by atoms with E-state index in [1.54, 1.807) is 6.20 Å². The summed E-state index contributed by atoms with van der Waals surface area (Å²) in [6.45, 7) is 5.89. The first-order valence-electron chi connectivity index (χ1n) is 5.90. The lowest BCUT2D eigenvalue weighted by Gasteiger charge is -2.07. The van der Waals surface area contributed by atoms with Gasteiger partial charge in [0.2, 0.25) is 0 Å². The molecule has 0 aliphatic rings. The highest BCUT2D eigenvalue weighted by atomic mass is 35.5. The Balaban J connectivity index is 2.25. The second kappa shape index (κ2) is 5.36. The van der Waals surface area contributed by atoms with E-state index >= 15 is 0 Å². The molecule has 0 aliphatic carbocycles. The molecule has 0 aliphatic heterocycles. The third kappa shape index (κ3) is 2.52. The summed E-state index contributed by atoms with van der Waals surface area (Å²) in [7, 11) is 0. The van der Waals surface area contributed by atoms with E-state index in [4.69, 9.17) is 11.6 Å². The highest BCUT2D eigenvalue weighted by molar-refractivity contribution is 6.16. The molecule has 0 bridgehead atoms. The van der Waals surface area contributed by atoms with Crippen molar-refractivity contribution >= 4 is 11.6 Å². The molecule has 0 saturated heterocycles. The Kier molecular flexibility index (Phi) is 3.84. The molecule has 0 unspecified atom stereocenters. The van der Waals surface area contributed by atoms with Crippen LogP contribution in [0.3, 0.4) is 0 Å². The third-order valence-corrected chi connectivity index (χ3v) is 3.07. The SMILES string of the molecule is CCc1cc(Cn2ccnc2CCl)n(CC)n1. The van der Waals surface area contributed by atoms with Gasteiger partial charge in [-0.2, -0.15) is 5.10 Å². The van der Waals surface area contributed by atoms with Gasteiger partial charge in [0.1, 0.15) is 5.82 Å². The first-order chi connectivity index (χ1) is 8.28. The van der Waals surface area contributed by atoms with Crippen molar-refractivity contribution in [2.24, 2.45) is 0 Å². The fourth-order valence-corrected chi connectivity index (χ4v) is 2.10. The molecule has 0 aromatic carbocycles. The van der Waals surface area contributed by atoms with Crippen LogP contribution in [0.5, 0.6) is 0 Å². The van der Waals surface area contributed by atoms with Crippen LogP contribution >= 0.6 is 11.6 Å². The molecular formula is C12H17ClN4. The number of rotatable bonds is 5. The number of aromatic nitrogens is 4. The average molecular weight is 253 g/mol. The molecule has 2 aromatic heterocycles. The number of imidazole rings is 1. The second-order valence-corrected chi connectivity index (χ2v) is 4.17. The number of aryl methyl sites for hydroxylation is 2. The molecular weight excluding hydrogens is 236 g/mol. The second-order valence-electron chi connectivity index (χ2n) is 3.90. The summed E-state index contributed by atoms with van der Waals surface area (Å²) in [6, 6.07) is 2.15. The monoisotopic (exact) mass is 252 g/mol. The highest BCUT2D eigenvalue weighted by Crippen LogP contribution is 2.10. The zero-order valence-electron chi connectivity index (χ0n) is 10.2. The lowest BCUT2D eigenvalue weighted by molar-refractivity contribution is 0.590. The molecule has 0 fully saturated rings. The average Bonchev–Trinajstić information content (AvgIpc) is 2.95. The summed E-state index contributed by atoms with van der Waals surface area (Å²) >= 11 is 5.84. The lowest BCUT2D eigenvalue weighted by Crippen LogP contribution is -2.09. The quantitative estimate of drug-likeness (QED) is 0.767. The number of hydrogen-bond donors (Lipinski definition) is 0. The van der Waals surface area contributed by atoms with Crippen LogP contribution in [0.1, 0.15) is 31.1 Å². The van der Waals surface area contributed by atoms with E-state index in [0.29, 0.717) is 5.88 Å². The smallest absolute Gasteiger partial charge is 0.123 e. The molecule has 17 heavy (non-hydrogen) atoms. The molecule has 4 nitrogen and oxygen atoms in total. The summed E-state index contributed by atoms with van der Waals surface area (Å²) < 4.78 is 4.10. The number of nitrogens with zero attached hydrogens (tertiary/aromatic N) is 4. The van der Waals surface area contributed by atoms with Crippen LogP contribution in [-0.2, 0) is 25.4 Å². The van der Waals surface area contributed by atoms with E-state index in [1.807, 2.05) is 10.9 Å². The van der Waals surface area contributed by atoms with Crippen molar-refractivity contribution < 1.29 is 0 Å². The van der Waals surface area contributed by atoms with Crippen molar-refractivity contribution in [1.29, 1.82) is 0 Å². The van der Waals surface area contributed by atoms with Gasteiger partial charge in [0, 0.05) is 18.9 Å². The van der Waals surface area contributed by atoms with Crippen molar-refractivity contribution in [3.05, 3.63) is 35.7 Å². The maximum atomic E-state index is 5.84. The fraction of sp³-hybridized carbons (Fsp3) is 0.500. The molecule has 0 amide bonds. The van der Waals surface area contributed by atoms with E-state index < -0.39 is 0 Å². The van der Waals surface area contributed by atoms with Gasteiger partial charge in [-0.15, -0.1) is 11.6 Å². The van der Waals surface area contributed by atoms with Gasteiger partial charge in [0.25, 0.3) is 0 Å². The van der Waals surface area contributed by atoms with Crippen LogP contribution in [0.25, 0.3) is 0 Å². The molecule has 0 atom stereocenters. The standard InChI is InChI=1S/C12H17ClN4/c1-3-10-7-11(17(4-2)15-10)9-16-6-5-14-12(16)8-13/h5-7H,3-4,8-9H2,1-2H3. The van der Waals surface area contributed by atoms with Crippen LogP contribution in [0.2, 0.25) is 0 Å². The molecule has 0 N–H and O–H groups in total. The Morgan fingerprint density at radius 2 is 2.18 bits per heavy atom. The van der Waals surface area contributed by atoms with Crippen molar-refractivity contribution in [2.75, 3.05) is 0 Å². The predicted octanol–water partition coefficient (Wildman–Crippen LogP) is 2.45. The Hall–Kier alpha value is -1.29. The van der Waals surface area contributed by atoms with Crippen molar-refractivity contribution in [3.8, 4) is 0 Å². The molecule has 0 saturated carbocycles. The van der Waals surface area contributed by atoms with E-state index in [2.05, 4.69) is 34.6 Å². The summed E-state index contributed by atoms with van der Waals surface area (Å²) in [5, 5.41) is 4.53. The van der Waals surface area contributed by atoms with E-state index in [9.17, 15) is 0 Å². The van der Waals surface area contributed by atoms with Crippen molar-refractivity contribution in [3.63, 3.8) is 0 Å². The van der Waals surface area contributed by atoms with Gasteiger partial charge in [0.05, 0.1) is 23.8 Å². The predicted molar refractivity (Wildman–Crippen MR) is 68.2 cm³/mol. The maximum absolute atomic E-state index is 5.84. The zero-order chi connectivity index (χ0) is 12.3. The fourth-order valence-electron chi connectivity index (χ4n) is 1.88. The van der Waals surface area contributed by atoms with Gasteiger partial charge in [-0.3, -0.25) is 4.68 Å². The van der Waals surface area contributed by atoms with Crippen LogP contribution in [0.4, 0.5) is 0 Å². The normalized spacial score (nSPS) is 11.0. The highest BCUT2D eigenvalue weighted by Gasteiger charge is 2.08. The molecule has 0 spiro atoms. The van der Waals surface area contributed by atoms with Gasteiger partial charge in [-0.1, -0.05) is 6.92 Å².